The van der Waals surface area contributed by atoms with Crippen LogP contribution >= 0.6 is 24.0 Å². The lowest BCUT2D eigenvalue weighted by Gasteiger charge is -2.21. The van der Waals surface area contributed by atoms with E-state index in [4.69, 9.17) is 0 Å². The fraction of sp³-hybridized carbons (Fsp3) is 0.632. The van der Waals surface area contributed by atoms with Gasteiger partial charge in [0.05, 0.1) is 0 Å². The Balaban J connectivity index is 0.00000576. The molecule has 0 heterocycles. The second kappa shape index (κ2) is 14.3. The number of halogens is 2. The van der Waals surface area contributed by atoms with Crippen molar-refractivity contribution >= 4 is 29.9 Å². The zero-order valence-corrected chi connectivity index (χ0v) is 18.3. The Morgan fingerprint density at radius 2 is 2.00 bits per heavy atom. The maximum absolute atomic E-state index is 13.2. The smallest absolute Gasteiger partial charge is 0.191 e. The van der Waals surface area contributed by atoms with Crippen molar-refractivity contribution in [3.8, 4) is 0 Å². The molecule has 6 heteroatoms. The van der Waals surface area contributed by atoms with Crippen LogP contribution in [0.1, 0.15) is 39.2 Å². The quantitative estimate of drug-likeness (QED) is 0.316. The average molecular weight is 464 g/mol. The first-order valence-corrected chi connectivity index (χ1v) is 9.03. The van der Waals surface area contributed by atoms with E-state index in [-0.39, 0.29) is 29.8 Å². The number of aliphatic imine (C=N–C) groups is 1. The van der Waals surface area contributed by atoms with Gasteiger partial charge in [0.15, 0.2) is 5.96 Å². The second-order valence-electron chi connectivity index (χ2n) is 6.09. The van der Waals surface area contributed by atoms with Crippen molar-refractivity contribution in [1.82, 2.24) is 15.5 Å². The fourth-order valence-corrected chi connectivity index (χ4v) is 2.68. The van der Waals surface area contributed by atoms with Crippen LogP contribution in [0.5, 0.6) is 0 Å². The monoisotopic (exact) mass is 464 g/mol. The molecule has 2 N–H and O–H groups in total. The molecule has 0 aliphatic rings. The molecule has 0 fully saturated rings. The number of hydrogen-bond donors (Lipinski definition) is 2. The minimum absolute atomic E-state index is 0. The molecular formula is C19H34FIN4. The number of rotatable bonds is 10. The van der Waals surface area contributed by atoms with Gasteiger partial charge >= 0.3 is 0 Å². The van der Waals surface area contributed by atoms with Gasteiger partial charge in [-0.2, -0.15) is 0 Å². The summed E-state index contributed by atoms with van der Waals surface area (Å²) < 4.78 is 13.2. The normalized spacial score (nSPS) is 12.6. The molecule has 0 aliphatic carbocycles. The largest absolute Gasteiger partial charge is 0.356 e. The Bertz CT molecular complexity index is 492. The summed E-state index contributed by atoms with van der Waals surface area (Å²) >= 11 is 0. The zero-order valence-electron chi connectivity index (χ0n) is 16.0. The predicted octanol–water partition coefficient (Wildman–Crippen LogP) is 3.66. The van der Waals surface area contributed by atoms with Gasteiger partial charge in [-0.25, -0.2) is 4.39 Å². The minimum atomic E-state index is -0.183. The summed E-state index contributed by atoms with van der Waals surface area (Å²) in [5, 5.41) is 6.72. The molecule has 1 atom stereocenters. The minimum Gasteiger partial charge on any atom is -0.356 e. The van der Waals surface area contributed by atoms with Crippen LogP contribution in [0, 0.1) is 5.82 Å². The highest BCUT2D eigenvalue weighted by Crippen LogP contribution is 2.03. The molecule has 0 aliphatic heterocycles. The van der Waals surface area contributed by atoms with Crippen LogP contribution in [-0.2, 0) is 6.42 Å². The number of nitrogens with zero attached hydrogens (tertiary/aromatic N) is 2. The highest BCUT2D eigenvalue weighted by atomic mass is 127. The molecular weight excluding hydrogens is 430 g/mol. The number of guanidine groups is 1. The van der Waals surface area contributed by atoms with E-state index in [9.17, 15) is 4.39 Å². The molecule has 1 rings (SSSR count). The lowest BCUT2D eigenvalue weighted by Crippen LogP contribution is -2.43. The molecule has 1 aromatic carbocycles. The van der Waals surface area contributed by atoms with Crippen molar-refractivity contribution in [1.29, 1.82) is 0 Å². The van der Waals surface area contributed by atoms with Gasteiger partial charge < -0.3 is 15.5 Å². The summed E-state index contributed by atoms with van der Waals surface area (Å²) in [5.74, 6) is 0.624. The van der Waals surface area contributed by atoms with E-state index < -0.39 is 0 Å². The van der Waals surface area contributed by atoms with E-state index in [0.29, 0.717) is 6.04 Å². The number of hydrogen-bond acceptors (Lipinski definition) is 2. The van der Waals surface area contributed by atoms with E-state index >= 15 is 0 Å². The van der Waals surface area contributed by atoms with Crippen LogP contribution in [0.2, 0.25) is 0 Å². The van der Waals surface area contributed by atoms with Gasteiger partial charge in [-0.3, -0.25) is 4.99 Å². The van der Waals surface area contributed by atoms with Crippen LogP contribution < -0.4 is 10.6 Å². The summed E-state index contributed by atoms with van der Waals surface area (Å²) in [6.07, 6.45) is 3.06. The SMILES string of the molecule is CCN(CC)CCCC(C)NC(=NC)NCCc1cccc(F)c1.I. The Kier molecular flexibility index (Phi) is 13.8. The summed E-state index contributed by atoms with van der Waals surface area (Å²) in [4.78, 5) is 6.71. The molecule has 25 heavy (non-hydrogen) atoms. The van der Waals surface area contributed by atoms with E-state index in [1.807, 2.05) is 6.07 Å². The van der Waals surface area contributed by atoms with Crippen molar-refractivity contribution in [3.63, 3.8) is 0 Å². The van der Waals surface area contributed by atoms with E-state index in [2.05, 4.69) is 41.3 Å². The first kappa shape index (κ1) is 24.1. The molecule has 0 aromatic heterocycles. The predicted molar refractivity (Wildman–Crippen MR) is 117 cm³/mol. The third kappa shape index (κ3) is 10.6. The molecule has 4 nitrogen and oxygen atoms in total. The van der Waals surface area contributed by atoms with Crippen LogP contribution in [-0.4, -0.2) is 50.1 Å². The summed E-state index contributed by atoms with van der Waals surface area (Å²) in [6, 6.07) is 7.11. The Morgan fingerprint density at radius 3 is 2.60 bits per heavy atom. The van der Waals surface area contributed by atoms with Gasteiger partial charge in [-0.15, -0.1) is 24.0 Å². The van der Waals surface area contributed by atoms with E-state index in [1.54, 1.807) is 19.2 Å². The maximum Gasteiger partial charge on any atom is 0.191 e. The highest BCUT2D eigenvalue weighted by Gasteiger charge is 2.06. The van der Waals surface area contributed by atoms with Gasteiger partial charge in [-0.1, -0.05) is 26.0 Å². The Labute approximate surface area is 169 Å². The van der Waals surface area contributed by atoms with Gasteiger partial charge in [0, 0.05) is 19.6 Å². The number of benzene rings is 1. The molecule has 1 aromatic rings. The fourth-order valence-electron chi connectivity index (χ4n) is 2.68. The molecule has 0 amide bonds. The molecule has 0 saturated heterocycles. The van der Waals surface area contributed by atoms with Crippen molar-refractivity contribution < 1.29 is 4.39 Å². The molecule has 0 bridgehead atoms. The van der Waals surface area contributed by atoms with Crippen LogP contribution in [0.15, 0.2) is 29.3 Å². The Morgan fingerprint density at radius 1 is 1.28 bits per heavy atom. The lowest BCUT2D eigenvalue weighted by atomic mass is 10.1. The first-order valence-electron chi connectivity index (χ1n) is 9.03. The zero-order chi connectivity index (χ0) is 17.8. The summed E-state index contributed by atoms with van der Waals surface area (Å²) in [5.41, 5.74) is 0.991. The molecule has 0 spiro atoms. The van der Waals surface area contributed by atoms with E-state index in [0.717, 1.165) is 50.5 Å². The highest BCUT2D eigenvalue weighted by molar-refractivity contribution is 14.0. The van der Waals surface area contributed by atoms with E-state index in [1.165, 1.54) is 12.5 Å². The van der Waals surface area contributed by atoms with Gasteiger partial charge in [0.2, 0.25) is 0 Å². The van der Waals surface area contributed by atoms with Gasteiger partial charge in [-0.05, 0) is 63.5 Å². The van der Waals surface area contributed by atoms with Crippen molar-refractivity contribution in [2.75, 3.05) is 33.2 Å². The Hall–Kier alpha value is -0.890. The third-order valence-corrected chi connectivity index (χ3v) is 4.21. The molecule has 1 unspecified atom stereocenters. The molecule has 0 radical (unpaired) electrons. The third-order valence-electron chi connectivity index (χ3n) is 4.21. The van der Waals surface area contributed by atoms with Crippen molar-refractivity contribution in [3.05, 3.63) is 35.6 Å². The first-order chi connectivity index (χ1) is 11.6. The van der Waals surface area contributed by atoms with Crippen LogP contribution in [0.4, 0.5) is 4.39 Å². The standard InChI is InChI=1S/C19H33FN4.HI/c1-5-24(6-2)14-8-9-16(3)23-19(21-4)22-13-12-17-10-7-11-18(20)15-17;/h7,10-11,15-16H,5-6,8-9,12-14H2,1-4H3,(H2,21,22,23);1H. The lowest BCUT2D eigenvalue weighted by molar-refractivity contribution is 0.292. The van der Waals surface area contributed by atoms with Gasteiger partial charge in [0.25, 0.3) is 0 Å². The van der Waals surface area contributed by atoms with Gasteiger partial charge in [0.1, 0.15) is 5.82 Å². The van der Waals surface area contributed by atoms with Crippen molar-refractivity contribution in [2.24, 2.45) is 4.99 Å². The second-order valence-corrected chi connectivity index (χ2v) is 6.09. The summed E-state index contributed by atoms with van der Waals surface area (Å²) in [7, 11) is 1.78. The average Bonchev–Trinajstić information content (AvgIpc) is 2.58. The molecule has 144 valence electrons. The summed E-state index contributed by atoms with van der Waals surface area (Å²) in [6.45, 7) is 10.7. The van der Waals surface area contributed by atoms with Crippen molar-refractivity contribution in [2.45, 2.75) is 46.1 Å². The molecule has 0 saturated carbocycles. The van der Waals surface area contributed by atoms with Crippen LogP contribution in [0.3, 0.4) is 0 Å². The maximum atomic E-state index is 13.2. The topological polar surface area (TPSA) is 39.7 Å². The number of nitrogens with one attached hydrogen (secondary N) is 2. The van der Waals surface area contributed by atoms with Crippen LogP contribution in [0.25, 0.3) is 0 Å².